The highest BCUT2D eigenvalue weighted by molar-refractivity contribution is 14.0. The van der Waals surface area contributed by atoms with Crippen molar-refractivity contribution in [2.24, 2.45) is 4.99 Å². The van der Waals surface area contributed by atoms with E-state index in [0.717, 1.165) is 63.4 Å². The molecule has 0 radical (unpaired) electrons. The van der Waals surface area contributed by atoms with Crippen LogP contribution in [-0.2, 0) is 11.3 Å². The van der Waals surface area contributed by atoms with Crippen LogP contribution in [-0.4, -0.2) is 57.2 Å². The van der Waals surface area contributed by atoms with Crippen LogP contribution in [0.2, 0.25) is 0 Å². The van der Waals surface area contributed by atoms with Crippen LogP contribution < -0.4 is 20.1 Å². The van der Waals surface area contributed by atoms with Gasteiger partial charge in [0.25, 0.3) is 0 Å². The van der Waals surface area contributed by atoms with Crippen LogP contribution in [0, 0.1) is 0 Å². The zero-order chi connectivity index (χ0) is 20.2. The van der Waals surface area contributed by atoms with Crippen LogP contribution >= 0.6 is 24.0 Å². The first-order chi connectivity index (χ1) is 13.7. The molecular formula is C21H35IN4O3. The van der Waals surface area contributed by atoms with E-state index in [2.05, 4.69) is 15.6 Å². The van der Waals surface area contributed by atoms with Crippen LogP contribution in [0.1, 0.15) is 44.6 Å². The van der Waals surface area contributed by atoms with Crippen molar-refractivity contribution < 1.29 is 14.3 Å². The molecule has 1 fully saturated rings. The first kappa shape index (κ1) is 25.3. The predicted molar refractivity (Wildman–Crippen MR) is 127 cm³/mol. The standard InChI is InChI=1S/C21H34N4O3.HI/c1-4-22-21(23-12-8-14-25-13-7-5-6-9-20(25)26)24-16-17-10-11-18(27-2)19(15-17)28-3;/h10-11,15H,4-9,12-14,16H2,1-3H3,(H2,22,23,24);1H. The van der Waals surface area contributed by atoms with Gasteiger partial charge in [0.2, 0.25) is 5.91 Å². The number of halogens is 1. The number of ether oxygens (including phenoxy) is 2. The molecule has 1 saturated heterocycles. The number of aliphatic imine (C=N–C) groups is 1. The topological polar surface area (TPSA) is 75.2 Å². The van der Waals surface area contributed by atoms with Gasteiger partial charge in [-0.05, 0) is 43.9 Å². The minimum absolute atomic E-state index is 0. The Labute approximate surface area is 191 Å². The lowest BCUT2D eigenvalue weighted by molar-refractivity contribution is -0.130. The second kappa shape index (κ2) is 14.3. The maximum absolute atomic E-state index is 12.1. The van der Waals surface area contributed by atoms with Crippen molar-refractivity contribution in [2.45, 2.75) is 45.6 Å². The zero-order valence-corrected chi connectivity index (χ0v) is 20.2. The van der Waals surface area contributed by atoms with E-state index in [-0.39, 0.29) is 24.0 Å². The number of likely N-dealkylation sites (tertiary alicyclic amines) is 1. The summed E-state index contributed by atoms with van der Waals surface area (Å²) in [4.78, 5) is 18.7. The zero-order valence-electron chi connectivity index (χ0n) is 17.8. The molecule has 1 heterocycles. The van der Waals surface area contributed by atoms with Gasteiger partial charge < -0.3 is 25.0 Å². The highest BCUT2D eigenvalue weighted by Gasteiger charge is 2.15. The molecule has 0 spiro atoms. The molecule has 2 N–H and O–H groups in total. The van der Waals surface area contributed by atoms with E-state index in [0.29, 0.717) is 30.4 Å². The number of rotatable bonds is 9. The van der Waals surface area contributed by atoms with E-state index in [1.807, 2.05) is 30.0 Å². The van der Waals surface area contributed by atoms with Gasteiger partial charge in [0.1, 0.15) is 0 Å². The molecule has 0 saturated carbocycles. The first-order valence-corrected chi connectivity index (χ1v) is 10.2. The van der Waals surface area contributed by atoms with Gasteiger partial charge in [-0.2, -0.15) is 0 Å². The maximum atomic E-state index is 12.1. The van der Waals surface area contributed by atoms with Gasteiger partial charge in [-0.1, -0.05) is 12.5 Å². The van der Waals surface area contributed by atoms with Crippen LogP contribution in [0.25, 0.3) is 0 Å². The van der Waals surface area contributed by atoms with Crippen molar-refractivity contribution in [3.8, 4) is 11.5 Å². The average molecular weight is 518 g/mol. The maximum Gasteiger partial charge on any atom is 0.222 e. The number of carbonyl (C=O) groups is 1. The highest BCUT2D eigenvalue weighted by Crippen LogP contribution is 2.27. The fraction of sp³-hybridized carbons (Fsp3) is 0.619. The molecule has 1 aromatic rings. The van der Waals surface area contributed by atoms with Gasteiger partial charge in [-0.15, -0.1) is 24.0 Å². The molecule has 29 heavy (non-hydrogen) atoms. The van der Waals surface area contributed by atoms with Crippen LogP contribution in [0.3, 0.4) is 0 Å². The van der Waals surface area contributed by atoms with Crippen LogP contribution in [0.4, 0.5) is 0 Å². The summed E-state index contributed by atoms with van der Waals surface area (Å²) < 4.78 is 10.6. The fourth-order valence-electron chi connectivity index (χ4n) is 3.24. The Morgan fingerprint density at radius 3 is 2.66 bits per heavy atom. The molecule has 0 aromatic heterocycles. The minimum atomic E-state index is 0. The molecule has 1 aliphatic rings. The van der Waals surface area contributed by atoms with Crippen molar-refractivity contribution >= 4 is 35.8 Å². The Morgan fingerprint density at radius 2 is 1.93 bits per heavy atom. The lowest BCUT2D eigenvalue weighted by Crippen LogP contribution is -2.39. The quantitative estimate of drug-likeness (QED) is 0.228. The summed E-state index contributed by atoms with van der Waals surface area (Å²) in [6.45, 7) is 5.86. The third kappa shape index (κ3) is 8.67. The first-order valence-electron chi connectivity index (χ1n) is 10.2. The number of nitrogens with one attached hydrogen (secondary N) is 2. The molecule has 1 amide bonds. The number of amides is 1. The second-order valence-electron chi connectivity index (χ2n) is 6.86. The van der Waals surface area contributed by atoms with Gasteiger partial charge in [-0.25, -0.2) is 4.99 Å². The summed E-state index contributed by atoms with van der Waals surface area (Å²) in [5.41, 5.74) is 1.05. The molecule has 1 aliphatic heterocycles. The Kier molecular flexibility index (Phi) is 12.5. The SMILES string of the molecule is CCNC(=NCc1ccc(OC)c(OC)c1)NCCCN1CCCCCC1=O.I. The molecular weight excluding hydrogens is 483 g/mol. The number of benzene rings is 1. The predicted octanol–water partition coefficient (Wildman–Crippen LogP) is 3.17. The molecule has 2 rings (SSSR count). The van der Waals surface area contributed by atoms with Crippen LogP contribution in [0.5, 0.6) is 11.5 Å². The number of guanidine groups is 1. The Bertz CT molecular complexity index is 655. The highest BCUT2D eigenvalue weighted by atomic mass is 127. The average Bonchev–Trinajstić information content (AvgIpc) is 2.93. The van der Waals surface area contributed by atoms with Gasteiger partial charge in [0.15, 0.2) is 17.5 Å². The van der Waals surface area contributed by atoms with Gasteiger partial charge >= 0.3 is 0 Å². The molecule has 164 valence electrons. The lowest BCUT2D eigenvalue weighted by atomic mass is 10.2. The van der Waals surface area contributed by atoms with E-state index < -0.39 is 0 Å². The van der Waals surface area contributed by atoms with Crippen molar-refractivity contribution in [2.75, 3.05) is 40.4 Å². The number of hydrogen-bond acceptors (Lipinski definition) is 4. The Balaban J connectivity index is 0.00000420. The van der Waals surface area contributed by atoms with Crippen molar-refractivity contribution in [1.29, 1.82) is 0 Å². The van der Waals surface area contributed by atoms with E-state index in [9.17, 15) is 4.79 Å². The lowest BCUT2D eigenvalue weighted by Gasteiger charge is -2.20. The Morgan fingerprint density at radius 1 is 1.14 bits per heavy atom. The fourth-order valence-corrected chi connectivity index (χ4v) is 3.24. The minimum Gasteiger partial charge on any atom is -0.493 e. The number of hydrogen-bond donors (Lipinski definition) is 2. The van der Waals surface area contributed by atoms with Crippen molar-refractivity contribution in [1.82, 2.24) is 15.5 Å². The number of carbonyl (C=O) groups excluding carboxylic acids is 1. The smallest absolute Gasteiger partial charge is 0.222 e. The number of nitrogens with zero attached hydrogens (tertiary/aromatic N) is 2. The molecule has 0 unspecified atom stereocenters. The van der Waals surface area contributed by atoms with E-state index in [1.165, 1.54) is 0 Å². The van der Waals surface area contributed by atoms with Gasteiger partial charge in [-0.3, -0.25) is 4.79 Å². The molecule has 1 aromatic carbocycles. The molecule has 0 atom stereocenters. The number of methoxy groups -OCH3 is 2. The van der Waals surface area contributed by atoms with Crippen molar-refractivity contribution in [3.63, 3.8) is 0 Å². The molecule has 8 heteroatoms. The van der Waals surface area contributed by atoms with E-state index in [4.69, 9.17) is 9.47 Å². The summed E-state index contributed by atoms with van der Waals surface area (Å²) in [6.07, 6.45) is 4.92. The molecule has 0 bridgehead atoms. The summed E-state index contributed by atoms with van der Waals surface area (Å²) >= 11 is 0. The summed E-state index contributed by atoms with van der Waals surface area (Å²) in [7, 11) is 3.26. The Hall–Kier alpha value is -1.71. The third-order valence-electron chi connectivity index (χ3n) is 4.78. The van der Waals surface area contributed by atoms with Crippen LogP contribution in [0.15, 0.2) is 23.2 Å². The van der Waals surface area contributed by atoms with Gasteiger partial charge in [0, 0.05) is 32.6 Å². The summed E-state index contributed by atoms with van der Waals surface area (Å²) in [6, 6.07) is 5.82. The molecule has 0 aliphatic carbocycles. The van der Waals surface area contributed by atoms with Gasteiger partial charge in [0.05, 0.1) is 20.8 Å². The largest absolute Gasteiger partial charge is 0.493 e. The third-order valence-corrected chi connectivity index (χ3v) is 4.78. The van der Waals surface area contributed by atoms with E-state index in [1.54, 1.807) is 14.2 Å². The summed E-state index contributed by atoms with van der Waals surface area (Å²) in [5, 5.41) is 6.62. The van der Waals surface area contributed by atoms with E-state index >= 15 is 0 Å². The molecule has 7 nitrogen and oxygen atoms in total. The monoisotopic (exact) mass is 518 g/mol. The summed E-state index contributed by atoms with van der Waals surface area (Å²) in [5.74, 6) is 2.49. The normalized spacial score (nSPS) is 14.7. The van der Waals surface area contributed by atoms with Crippen molar-refractivity contribution in [3.05, 3.63) is 23.8 Å². The second-order valence-corrected chi connectivity index (χ2v) is 6.86.